The van der Waals surface area contributed by atoms with Crippen molar-refractivity contribution in [2.75, 3.05) is 13.1 Å². The second-order valence-electron chi connectivity index (χ2n) is 1.69. The standard InChI is InChI=1S/C6H14N2O/c1-3-7-5-6(9)8-4-2/h4,6-9H,2-3,5H2,1H3/t6-/m0/s1. The van der Waals surface area contributed by atoms with E-state index in [4.69, 9.17) is 5.11 Å². The third-order valence-corrected chi connectivity index (χ3v) is 0.898. The zero-order chi connectivity index (χ0) is 7.11. The Kier molecular flexibility index (Phi) is 5.26. The Balaban J connectivity index is 3.04. The van der Waals surface area contributed by atoms with Crippen LogP contribution in [-0.2, 0) is 0 Å². The van der Waals surface area contributed by atoms with Gasteiger partial charge < -0.3 is 15.7 Å². The van der Waals surface area contributed by atoms with Gasteiger partial charge in [0.1, 0.15) is 6.23 Å². The molecule has 0 aromatic carbocycles. The molecule has 1 atom stereocenters. The molecule has 0 aromatic heterocycles. The summed E-state index contributed by atoms with van der Waals surface area (Å²) in [6, 6.07) is 0. The SMILES string of the molecule is C=CN[C@@H](O)CNCC. The summed E-state index contributed by atoms with van der Waals surface area (Å²) in [7, 11) is 0. The van der Waals surface area contributed by atoms with Crippen molar-refractivity contribution in [3.63, 3.8) is 0 Å². The van der Waals surface area contributed by atoms with Gasteiger partial charge in [-0.1, -0.05) is 13.5 Å². The summed E-state index contributed by atoms with van der Waals surface area (Å²) in [6.45, 7) is 6.83. The van der Waals surface area contributed by atoms with Gasteiger partial charge in [-0.2, -0.15) is 0 Å². The van der Waals surface area contributed by atoms with E-state index in [1.807, 2.05) is 6.92 Å². The van der Waals surface area contributed by atoms with Crippen LogP contribution in [0.2, 0.25) is 0 Å². The predicted molar refractivity (Wildman–Crippen MR) is 37.9 cm³/mol. The molecule has 9 heavy (non-hydrogen) atoms. The van der Waals surface area contributed by atoms with Crippen molar-refractivity contribution in [1.82, 2.24) is 10.6 Å². The highest BCUT2D eigenvalue weighted by molar-refractivity contribution is 4.66. The molecule has 54 valence electrons. The summed E-state index contributed by atoms with van der Waals surface area (Å²) in [4.78, 5) is 0. The van der Waals surface area contributed by atoms with E-state index in [2.05, 4.69) is 17.2 Å². The number of hydrogen-bond acceptors (Lipinski definition) is 3. The number of rotatable bonds is 5. The second-order valence-corrected chi connectivity index (χ2v) is 1.69. The van der Waals surface area contributed by atoms with Gasteiger partial charge in [-0.05, 0) is 12.7 Å². The minimum absolute atomic E-state index is 0.512. The van der Waals surface area contributed by atoms with Crippen molar-refractivity contribution in [3.8, 4) is 0 Å². The molecule has 0 heterocycles. The Morgan fingerprint density at radius 3 is 2.89 bits per heavy atom. The number of aliphatic hydroxyl groups excluding tert-OH is 1. The van der Waals surface area contributed by atoms with Crippen LogP contribution in [-0.4, -0.2) is 24.4 Å². The van der Waals surface area contributed by atoms with E-state index in [1.54, 1.807) is 0 Å². The molecule has 3 heteroatoms. The summed E-state index contributed by atoms with van der Waals surface area (Å²) in [5.41, 5.74) is 0. The number of likely N-dealkylation sites (N-methyl/N-ethyl adjacent to an activating group) is 1. The predicted octanol–water partition coefficient (Wildman–Crippen LogP) is -0.353. The van der Waals surface area contributed by atoms with Crippen molar-refractivity contribution in [3.05, 3.63) is 12.8 Å². The molecular weight excluding hydrogens is 116 g/mol. The van der Waals surface area contributed by atoms with Crippen LogP contribution in [0.3, 0.4) is 0 Å². The second kappa shape index (κ2) is 5.59. The van der Waals surface area contributed by atoms with Crippen LogP contribution in [0.15, 0.2) is 12.8 Å². The molecule has 3 N–H and O–H groups in total. The van der Waals surface area contributed by atoms with Crippen molar-refractivity contribution >= 4 is 0 Å². The van der Waals surface area contributed by atoms with Gasteiger partial charge in [0.25, 0.3) is 0 Å². The highest BCUT2D eigenvalue weighted by Crippen LogP contribution is 1.71. The zero-order valence-corrected chi connectivity index (χ0v) is 5.72. The Labute approximate surface area is 55.8 Å². The van der Waals surface area contributed by atoms with Gasteiger partial charge in [-0.15, -0.1) is 0 Å². The van der Waals surface area contributed by atoms with Crippen LogP contribution in [0.1, 0.15) is 6.92 Å². The maximum absolute atomic E-state index is 8.94. The lowest BCUT2D eigenvalue weighted by atomic mass is 10.5. The Hall–Kier alpha value is -0.540. The first-order valence-electron chi connectivity index (χ1n) is 3.07. The highest BCUT2D eigenvalue weighted by Gasteiger charge is 1.95. The third kappa shape index (κ3) is 5.33. The molecule has 0 aliphatic carbocycles. The number of hydrogen-bond donors (Lipinski definition) is 3. The Morgan fingerprint density at radius 2 is 2.44 bits per heavy atom. The van der Waals surface area contributed by atoms with E-state index in [9.17, 15) is 0 Å². The van der Waals surface area contributed by atoms with E-state index in [-0.39, 0.29) is 0 Å². The van der Waals surface area contributed by atoms with E-state index in [1.165, 1.54) is 6.20 Å². The molecule has 0 unspecified atom stereocenters. The van der Waals surface area contributed by atoms with Crippen molar-refractivity contribution < 1.29 is 5.11 Å². The van der Waals surface area contributed by atoms with Crippen LogP contribution in [0.4, 0.5) is 0 Å². The van der Waals surface area contributed by atoms with Gasteiger partial charge in [0, 0.05) is 6.54 Å². The van der Waals surface area contributed by atoms with E-state index < -0.39 is 6.23 Å². The molecule has 0 radical (unpaired) electrons. The van der Waals surface area contributed by atoms with E-state index in [0.29, 0.717) is 6.54 Å². The third-order valence-electron chi connectivity index (χ3n) is 0.898. The molecular formula is C6H14N2O. The summed E-state index contributed by atoms with van der Waals surface area (Å²) in [5.74, 6) is 0. The first kappa shape index (κ1) is 8.46. The molecule has 0 rings (SSSR count). The normalized spacial score (nSPS) is 12.7. The molecule has 0 amide bonds. The fourth-order valence-electron chi connectivity index (χ4n) is 0.476. The fraction of sp³-hybridized carbons (Fsp3) is 0.667. The summed E-state index contributed by atoms with van der Waals surface area (Å²) >= 11 is 0. The monoisotopic (exact) mass is 130 g/mol. The molecule has 0 aromatic rings. The Morgan fingerprint density at radius 1 is 1.78 bits per heavy atom. The van der Waals surface area contributed by atoms with Crippen molar-refractivity contribution in [1.29, 1.82) is 0 Å². The molecule has 0 bridgehead atoms. The minimum atomic E-state index is -0.512. The largest absolute Gasteiger partial charge is 0.372 e. The first-order valence-corrected chi connectivity index (χ1v) is 3.07. The maximum atomic E-state index is 8.94. The molecule has 0 aliphatic rings. The van der Waals surface area contributed by atoms with Crippen LogP contribution in [0.5, 0.6) is 0 Å². The van der Waals surface area contributed by atoms with Crippen molar-refractivity contribution in [2.45, 2.75) is 13.2 Å². The van der Waals surface area contributed by atoms with Gasteiger partial charge >= 0.3 is 0 Å². The van der Waals surface area contributed by atoms with E-state index >= 15 is 0 Å². The summed E-state index contributed by atoms with van der Waals surface area (Å²) in [5, 5.41) is 14.5. The molecule has 0 saturated carbocycles. The lowest BCUT2D eigenvalue weighted by molar-refractivity contribution is 0.152. The Bertz CT molecular complexity index is 75.5. The topological polar surface area (TPSA) is 44.3 Å². The zero-order valence-electron chi connectivity index (χ0n) is 5.72. The maximum Gasteiger partial charge on any atom is 0.136 e. The quantitative estimate of drug-likeness (QED) is 0.446. The average molecular weight is 130 g/mol. The van der Waals surface area contributed by atoms with Crippen LogP contribution >= 0.6 is 0 Å². The minimum Gasteiger partial charge on any atom is -0.372 e. The van der Waals surface area contributed by atoms with Crippen molar-refractivity contribution in [2.24, 2.45) is 0 Å². The lowest BCUT2D eigenvalue weighted by Crippen LogP contribution is -2.35. The van der Waals surface area contributed by atoms with Crippen LogP contribution in [0.25, 0.3) is 0 Å². The lowest BCUT2D eigenvalue weighted by Gasteiger charge is -2.09. The molecule has 0 aliphatic heterocycles. The smallest absolute Gasteiger partial charge is 0.136 e. The van der Waals surface area contributed by atoms with Gasteiger partial charge in [-0.25, -0.2) is 0 Å². The molecule has 0 fully saturated rings. The van der Waals surface area contributed by atoms with Gasteiger partial charge in [-0.3, -0.25) is 0 Å². The average Bonchev–Trinajstić information content (AvgIpc) is 1.85. The van der Waals surface area contributed by atoms with E-state index in [0.717, 1.165) is 6.54 Å². The number of aliphatic hydroxyl groups is 1. The van der Waals surface area contributed by atoms with Gasteiger partial charge in [0.05, 0.1) is 0 Å². The molecule has 3 nitrogen and oxygen atoms in total. The number of nitrogens with one attached hydrogen (secondary N) is 2. The van der Waals surface area contributed by atoms with Gasteiger partial charge in [0.2, 0.25) is 0 Å². The molecule has 0 saturated heterocycles. The highest BCUT2D eigenvalue weighted by atomic mass is 16.3. The van der Waals surface area contributed by atoms with Crippen LogP contribution in [0, 0.1) is 0 Å². The summed E-state index contributed by atoms with van der Waals surface area (Å²) in [6.07, 6.45) is 0.963. The fourth-order valence-corrected chi connectivity index (χ4v) is 0.476. The van der Waals surface area contributed by atoms with Crippen LogP contribution < -0.4 is 10.6 Å². The molecule has 0 spiro atoms. The van der Waals surface area contributed by atoms with Gasteiger partial charge in [0.15, 0.2) is 0 Å². The summed E-state index contributed by atoms with van der Waals surface area (Å²) < 4.78 is 0. The first-order chi connectivity index (χ1) is 4.31.